The molecule has 6 nitrogen and oxygen atoms in total. The molecule has 1 aliphatic rings. The quantitative estimate of drug-likeness (QED) is 0.640. The third kappa shape index (κ3) is 4.86. The Morgan fingerprint density at radius 3 is 2.77 bits per heavy atom. The maximum absolute atomic E-state index is 11.8. The number of carbonyl (C=O) groups is 1. The molecule has 6 heteroatoms. The fraction of sp³-hybridized carbons (Fsp3) is 0.200. The topological polar surface area (TPSA) is 69.2 Å². The van der Waals surface area contributed by atoms with Crippen LogP contribution in [0.15, 0.2) is 53.6 Å². The molecule has 1 N–H and O–H groups in total. The fourth-order valence-corrected chi connectivity index (χ4v) is 2.24. The van der Waals surface area contributed by atoms with Crippen molar-refractivity contribution >= 4 is 17.7 Å². The van der Waals surface area contributed by atoms with Gasteiger partial charge in [-0.2, -0.15) is 5.10 Å². The highest BCUT2D eigenvalue weighted by atomic mass is 16.7. The first-order chi connectivity index (χ1) is 12.6. The Balaban J connectivity index is 1.48. The van der Waals surface area contributed by atoms with Gasteiger partial charge in [-0.25, -0.2) is 5.43 Å². The van der Waals surface area contributed by atoms with Crippen molar-refractivity contribution in [2.45, 2.75) is 13.8 Å². The molecule has 1 aliphatic heterocycles. The molecule has 0 aliphatic carbocycles. The number of nitrogens with zero attached hydrogens (tertiary/aromatic N) is 1. The third-order valence-corrected chi connectivity index (χ3v) is 3.66. The zero-order chi connectivity index (χ0) is 18.4. The molecule has 0 fully saturated rings. The van der Waals surface area contributed by atoms with Gasteiger partial charge in [0.15, 0.2) is 18.1 Å². The number of hydrogen-bond donors (Lipinski definition) is 1. The molecule has 0 atom stereocenters. The Hall–Kier alpha value is -3.28. The van der Waals surface area contributed by atoms with Gasteiger partial charge in [-0.05, 0) is 49.8 Å². The zero-order valence-electron chi connectivity index (χ0n) is 14.7. The van der Waals surface area contributed by atoms with Gasteiger partial charge in [0.25, 0.3) is 5.91 Å². The molecule has 1 heterocycles. The number of hydrazone groups is 1. The van der Waals surface area contributed by atoms with Gasteiger partial charge < -0.3 is 14.2 Å². The maximum atomic E-state index is 11.8. The van der Waals surface area contributed by atoms with E-state index in [9.17, 15) is 4.79 Å². The lowest BCUT2D eigenvalue weighted by Gasteiger charge is -2.05. The van der Waals surface area contributed by atoms with Gasteiger partial charge in [-0.1, -0.05) is 29.8 Å². The molecule has 2 aromatic rings. The second-order valence-electron chi connectivity index (χ2n) is 5.84. The summed E-state index contributed by atoms with van der Waals surface area (Å²) in [5.74, 6) is 1.80. The lowest BCUT2D eigenvalue weighted by atomic mass is 10.2. The predicted octanol–water partition coefficient (Wildman–Crippen LogP) is 3.31. The summed E-state index contributed by atoms with van der Waals surface area (Å²) in [6, 6.07) is 13.2. The summed E-state index contributed by atoms with van der Waals surface area (Å²) in [5.41, 5.74) is 5.22. The Labute approximate surface area is 152 Å². The number of hydrogen-bond acceptors (Lipinski definition) is 5. The zero-order valence-corrected chi connectivity index (χ0v) is 14.7. The van der Waals surface area contributed by atoms with Gasteiger partial charge in [-0.15, -0.1) is 0 Å². The minimum Gasteiger partial charge on any atom is -0.484 e. The van der Waals surface area contributed by atoms with Gasteiger partial charge >= 0.3 is 0 Å². The van der Waals surface area contributed by atoms with Gasteiger partial charge in [0.1, 0.15) is 5.75 Å². The number of nitrogens with one attached hydrogen (secondary N) is 1. The molecular formula is C20H20N2O4. The van der Waals surface area contributed by atoms with Crippen LogP contribution < -0.4 is 19.6 Å². The molecule has 0 aromatic heterocycles. The molecule has 0 saturated heterocycles. The Kier molecular flexibility index (Phi) is 5.53. The number of amides is 1. The number of benzene rings is 2. The number of ether oxygens (including phenoxy) is 3. The number of carbonyl (C=O) groups excluding carboxylic acids is 1. The van der Waals surface area contributed by atoms with Crippen LogP contribution in [-0.4, -0.2) is 25.0 Å². The molecular weight excluding hydrogens is 332 g/mol. The molecule has 0 spiro atoms. The lowest BCUT2D eigenvalue weighted by molar-refractivity contribution is -0.123. The van der Waals surface area contributed by atoms with Crippen molar-refractivity contribution in [3.05, 3.63) is 59.7 Å². The van der Waals surface area contributed by atoms with E-state index in [4.69, 9.17) is 14.2 Å². The van der Waals surface area contributed by atoms with Gasteiger partial charge in [0, 0.05) is 0 Å². The molecule has 1 amide bonds. The first kappa shape index (κ1) is 17.5. The summed E-state index contributed by atoms with van der Waals surface area (Å²) < 4.78 is 16.0. The van der Waals surface area contributed by atoms with E-state index < -0.39 is 0 Å². The lowest BCUT2D eigenvalue weighted by Crippen LogP contribution is -2.25. The molecule has 3 rings (SSSR count). The highest BCUT2D eigenvalue weighted by molar-refractivity contribution is 5.97. The van der Waals surface area contributed by atoms with E-state index in [1.807, 2.05) is 55.5 Å². The van der Waals surface area contributed by atoms with Crippen molar-refractivity contribution in [3.63, 3.8) is 0 Å². The number of aryl methyl sites for hydroxylation is 1. The first-order valence-electron chi connectivity index (χ1n) is 8.20. The van der Waals surface area contributed by atoms with E-state index in [-0.39, 0.29) is 19.3 Å². The van der Waals surface area contributed by atoms with Crippen molar-refractivity contribution in [3.8, 4) is 17.2 Å². The average Bonchev–Trinajstić information content (AvgIpc) is 3.12. The second-order valence-corrected chi connectivity index (χ2v) is 5.84. The van der Waals surface area contributed by atoms with Crippen molar-refractivity contribution in [2.75, 3.05) is 13.4 Å². The summed E-state index contributed by atoms with van der Waals surface area (Å²) in [6.07, 6.45) is 3.69. The predicted molar refractivity (Wildman–Crippen MR) is 99.5 cm³/mol. The highest BCUT2D eigenvalue weighted by Crippen LogP contribution is 2.32. The molecule has 0 unspecified atom stereocenters. The van der Waals surface area contributed by atoms with Crippen LogP contribution in [0, 0.1) is 6.92 Å². The number of fused-ring (bicyclic) bond motifs is 1. The minimum absolute atomic E-state index is 0.0916. The maximum Gasteiger partial charge on any atom is 0.277 e. The third-order valence-electron chi connectivity index (χ3n) is 3.66. The minimum atomic E-state index is -0.318. The van der Waals surface area contributed by atoms with Crippen molar-refractivity contribution in [1.29, 1.82) is 0 Å². The normalized spacial score (nSPS) is 13.1. The summed E-state index contributed by atoms with van der Waals surface area (Å²) in [6.45, 7) is 3.95. The Bertz CT molecular complexity index is 841. The molecule has 0 bridgehead atoms. The van der Waals surface area contributed by atoms with E-state index in [1.54, 1.807) is 13.0 Å². The summed E-state index contributed by atoms with van der Waals surface area (Å²) in [7, 11) is 0. The van der Waals surface area contributed by atoms with Crippen molar-refractivity contribution in [1.82, 2.24) is 5.43 Å². The van der Waals surface area contributed by atoms with Crippen LogP contribution >= 0.6 is 0 Å². The van der Waals surface area contributed by atoms with E-state index in [0.717, 1.165) is 22.6 Å². The average molecular weight is 352 g/mol. The van der Waals surface area contributed by atoms with E-state index >= 15 is 0 Å². The summed E-state index contributed by atoms with van der Waals surface area (Å²) in [5, 5.41) is 4.03. The monoisotopic (exact) mass is 352 g/mol. The standard InChI is InChI=1S/C20H20N2O4/c1-14-3-8-17(9-4-14)24-12-20(23)22-21-15(2)5-6-16-7-10-18-19(11-16)26-13-25-18/h3-11H,12-13H2,1-2H3,(H,22,23)/b6-5+,21-15-. The highest BCUT2D eigenvalue weighted by Gasteiger charge is 2.12. The molecule has 0 saturated carbocycles. The molecule has 134 valence electrons. The van der Waals surface area contributed by atoms with E-state index in [0.29, 0.717) is 11.5 Å². The van der Waals surface area contributed by atoms with Crippen LogP contribution in [0.5, 0.6) is 17.2 Å². The van der Waals surface area contributed by atoms with Crippen LogP contribution in [0.25, 0.3) is 6.08 Å². The Morgan fingerprint density at radius 1 is 1.19 bits per heavy atom. The van der Waals surface area contributed by atoms with Crippen LogP contribution in [0.3, 0.4) is 0 Å². The summed E-state index contributed by atoms with van der Waals surface area (Å²) in [4.78, 5) is 11.8. The SMILES string of the molecule is CC(/C=C/c1ccc2c(c1)OCO2)=N/NC(=O)COc1ccc(C)cc1. The molecule has 26 heavy (non-hydrogen) atoms. The van der Waals surface area contributed by atoms with Gasteiger partial charge in [-0.3, -0.25) is 4.79 Å². The van der Waals surface area contributed by atoms with Crippen molar-refractivity contribution in [2.24, 2.45) is 5.10 Å². The van der Waals surface area contributed by atoms with E-state index in [2.05, 4.69) is 10.5 Å². The second kappa shape index (κ2) is 8.20. The van der Waals surface area contributed by atoms with Crippen LogP contribution in [0.2, 0.25) is 0 Å². The van der Waals surface area contributed by atoms with Gasteiger partial charge in [0.2, 0.25) is 6.79 Å². The van der Waals surface area contributed by atoms with Crippen molar-refractivity contribution < 1.29 is 19.0 Å². The Morgan fingerprint density at radius 2 is 1.96 bits per heavy atom. The number of rotatable bonds is 6. The van der Waals surface area contributed by atoms with Crippen LogP contribution in [0.4, 0.5) is 0 Å². The van der Waals surface area contributed by atoms with Gasteiger partial charge in [0.05, 0.1) is 5.71 Å². The first-order valence-corrected chi connectivity index (χ1v) is 8.20. The fourth-order valence-electron chi connectivity index (χ4n) is 2.24. The molecule has 2 aromatic carbocycles. The largest absolute Gasteiger partial charge is 0.484 e. The summed E-state index contributed by atoms with van der Waals surface area (Å²) >= 11 is 0. The van der Waals surface area contributed by atoms with Crippen LogP contribution in [-0.2, 0) is 4.79 Å². The smallest absolute Gasteiger partial charge is 0.277 e. The molecule has 0 radical (unpaired) electrons. The van der Waals surface area contributed by atoms with Crippen LogP contribution in [0.1, 0.15) is 18.1 Å². The number of allylic oxidation sites excluding steroid dienone is 1. The van der Waals surface area contributed by atoms with E-state index in [1.165, 1.54) is 0 Å².